The lowest BCUT2D eigenvalue weighted by Gasteiger charge is -2.21. The smallest absolute Gasteiger partial charge is 0.118 e. The predicted octanol–water partition coefficient (Wildman–Crippen LogP) is 1.92. The Morgan fingerprint density at radius 2 is 2.33 bits per heavy atom. The Morgan fingerprint density at radius 3 is 3.11 bits per heavy atom. The van der Waals surface area contributed by atoms with Gasteiger partial charge in [-0.15, -0.1) is 0 Å². The van der Waals surface area contributed by atoms with Crippen molar-refractivity contribution in [2.24, 2.45) is 0 Å². The van der Waals surface area contributed by atoms with E-state index in [0.717, 1.165) is 50.7 Å². The number of rotatable bonds is 4. The maximum Gasteiger partial charge on any atom is 0.118 e. The van der Waals surface area contributed by atoms with E-state index >= 15 is 0 Å². The van der Waals surface area contributed by atoms with Gasteiger partial charge in [0.2, 0.25) is 0 Å². The SMILES string of the molecule is CNCc1cc(CN2CCCOC(C)C2)c(C)o1. The quantitative estimate of drug-likeness (QED) is 0.888. The van der Waals surface area contributed by atoms with E-state index in [4.69, 9.17) is 9.15 Å². The minimum Gasteiger partial charge on any atom is -0.465 e. The van der Waals surface area contributed by atoms with Crippen LogP contribution >= 0.6 is 0 Å². The van der Waals surface area contributed by atoms with E-state index in [9.17, 15) is 0 Å². The predicted molar refractivity (Wildman–Crippen MR) is 71.5 cm³/mol. The van der Waals surface area contributed by atoms with Gasteiger partial charge in [0, 0.05) is 31.8 Å². The van der Waals surface area contributed by atoms with Gasteiger partial charge in [-0.05, 0) is 33.4 Å². The van der Waals surface area contributed by atoms with Gasteiger partial charge in [0.05, 0.1) is 12.6 Å². The molecule has 1 fully saturated rings. The number of hydrogen-bond acceptors (Lipinski definition) is 4. The van der Waals surface area contributed by atoms with Gasteiger partial charge in [0.25, 0.3) is 0 Å². The zero-order chi connectivity index (χ0) is 13.0. The van der Waals surface area contributed by atoms with Crippen molar-refractivity contribution in [2.75, 3.05) is 26.7 Å². The molecule has 0 aliphatic carbocycles. The summed E-state index contributed by atoms with van der Waals surface area (Å²) in [7, 11) is 1.94. The first-order chi connectivity index (χ1) is 8.69. The van der Waals surface area contributed by atoms with Crippen LogP contribution in [-0.2, 0) is 17.8 Å². The summed E-state index contributed by atoms with van der Waals surface area (Å²) in [5, 5.41) is 3.12. The third kappa shape index (κ3) is 3.57. The van der Waals surface area contributed by atoms with Crippen molar-refractivity contribution < 1.29 is 9.15 Å². The van der Waals surface area contributed by atoms with Crippen LogP contribution in [0.4, 0.5) is 0 Å². The average Bonchev–Trinajstić information content (AvgIpc) is 2.54. The average molecular weight is 252 g/mol. The normalized spacial score (nSPS) is 22.1. The van der Waals surface area contributed by atoms with Crippen LogP contribution in [0.15, 0.2) is 10.5 Å². The van der Waals surface area contributed by atoms with Crippen molar-refractivity contribution in [3.63, 3.8) is 0 Å². The van der Waals surface area contributed by atoms with Gasteiger partial charge in [-0.1, -0.05) is 0 Å². The lowest BCUT2D eigenvalue weighted by atomic mass is 10.2. The van der Waals surface area contributed by atoms with Crippen LogP contribution in [0.25, 0.3) is 0 Å². The molecular formula is C14H24N2O2. The summed E-state index contributed by atoms with van der Waals surface area (Å²) in [6.07, 6.45) is 1.45. The van der Waals surface area contributed by atoms with Crippen LogP contribution in [0.2, 0.25) is 0 Å². The maximum atomic E-state index is 5.73. The molecule has 1 aliphatic heterocycles. The van der Waals surface area contributed by atoms with Crippen molar-refractivity contribution in [3.05, 3.63) is 23.2 Å². The molecule has 0 spiro atoms. The van der Waals surface area contributed by atoms with Crippen molar-refractivity contribution in [1.82, 2.24) is 10.2 Å². The second kappa shape index (κ2) is 6.36. The second-order valence-electron chi connectivity index (χ2n) is 5.09. The summed E-state index contributed by atoms with van der Waals surface area (Å²) in [5.74, 6) is 2.06. The number of hydrogen-bond donors (Lipinski definition) is 1. The third-order valence-corrected chi connectivity index (χ3v) is 3.35. The fourth-order valence-corrected chi connectivity index (χ4v) is 2.47. The molecule has 1 aromatic rings. The van der Waals surface area contributed by atoms with E-state index in [1.165, 1.54) is 5.56 Å². The van der Waals surface area contributed by atoms with E-state index in [-0.39, 0.29) is 0 Å². The molecule has 4 heteroatoms. The number of aryl methyl sites for hydroxylation is 1. The molecule has 2 rings (SSSR count). The highest BCUT2D eigenvalue weighted by Crippen LogP contribution is 2.18. The topological polar surface area (TPSA) is 37.6 Å². The molecular weight excluding hydrogens is 228 g/mol. The molecule has 2 heterocycles. The van der Waals surface area contributed by atoms with Crippen LogP contribution in [0.5, 0.6) is 0 Å². The third-order valence-electron chi connectivity index (χ3n) is 3.35. The number of furan rings is 1. The minimum atomic E-state index is 0.330. The van der Waals surface area contributed by atoms with Crippen molar-refractivity contribution >= 4 is 0 Å². The van der Waals surface area contributed by atoms with Gasteiger partial charge >= 0.3 is 0 Å². The fourth-order valence-electron chi connectivity index (χ4n) is 2.47. The largest absolute Gasteiger partial charge is 0.465 e. The first-order valence-corrected chi connectivity index (χ1v) is 6.75. The molecule has 0 amide bonds. The van der Waals surface area contributed by atoms with Gasteiger partial charge in [-0.2, -0.15) is 0 Å². The van der Waals surface area contributed by atoms with E-state index in [2.05, 4.69) is 23.2 Å². The molecule has 0 radical (unpaired) electrons. The first kappa shape index (κ1) is 13.6. The molecule has 1 aliphatic rings. The molecule has 1 saturated heterocycles. The molecule has 0 aromatic carbocycles. The molecule has 102 valence electrons. The Bertz CT molecular complexity index is 376. The second-order valence-corrected chi connectivity index (χ2v) is 5.09. The van der Waals surface area contributed by atoms with Gasteiger partial charge in [-0.25, -0.2) is 0 Å². The number of nitrogens with one attached hydrogen (secondary N) is 1. The molecule has 1 unspecified atom stereocenters. The first-order valence-electron chi connectivity index (χ1n) is 6.75. The van der Waals surface area contributed by atoms with Crippen molar-refractivity contribution in [3.8, 4) is 0 Å². The highest BCUT2D eigenvalue weighted by Gasteiger charge is 2.17. The summed E-state index contributed by atoms with van der Waals surface area (Å²) in [5.41, 5.74) is 1.30. The monoisotopic (exact) mass is 252 g/mol. The zero-order valence-corrected chi connectivity index (χ0v) is 11.7. The lowest BCUT2D eigenvalue weighted by Crippen LogP contribution is -2.29. The van der Waals surface area contributed by atoms with Crippen LogP contribution in [0.1, 0.15) is 30.4 Å². The molecule has 18 heavy (non-hydrogen) atoms. The summed E-state index contributed by atoms with van der Waals surface area (Å²) in [6.45, 7) is 8.95. The highest BCUT2D eigenvalue weighted by molar-refractivity contribution is 5.20. The summed E-state index contributed by atoms with van der Waals surface area (Å²) >= 11 is 0. The van der Waals surface area contributed by atoms with Crippen LogP contribution in [-0.4, -0.2) is 37.7 Å². The van der Waals surface area contributed by atoms with E-state index in [1.807, 2.05) is 14.0 Å². The molecule has 1 atom stereocenters. The Morgan fingerprint density at radius 1 is 1.50 bits per heavy atom. The fraction of sp³-hybridized carbons (Fsp3) is 0.714. The molecule has 1 aromatic heterocycles. The van der Waals surface area contributed by atoms with Gasteiger partial charge in [0.1, 0.15) is 11.5 Å². The van der Waals surface area contributed by atoms with Crippen molar-refractivity contribution in [1.29, 1.82) is 0 Å². The van der Waals surface area contributed by atoms with E-state index in [1.54, 1.807) is 0 Å². The van der Waals surface area contributed by atoms with Crippen LogP contribution in [0, 0.1) is 6.92 Å². The summed E-state index contributed by atoms with van der Waals surface area (Å²) in [6, 6.07) is 2.17. The minimum absolute atomic E-state index is 0.330. The Balaban J connectivity index is 1.99. The standard InChI is InChI=1S/C14H24N2O2/c1-11-9-16(5-4-6-17-11)10-13-7-14(8-15-3)18-12(13)2/h7,11,15H,4-6,8-10H2,1-3H3. The molecule has 4 nitrogen and oxygen atoms in total. The highest BCUT2D eigenvalue weighted by atomic mass is 16.5. The van der Waals surface area contributed by atoms with E-state index in [0.29, 0.717) is 6.10 Å². The van der Waals surface area contributed by atoms with Crippen LogP contribution in [0.3, 0.4) is 0 Å². The molecule has 1 N–H and O–H groups in total. The number of ether oxygens (including phenoxy) is 1. The number of nitrogens with zero attached hydrogens (tertiary/aromatic N) is 1. The zero-order valence-electron chi connectivity index (χ0n) is 11.7. The van der Waals surface area contributed by atoms with E-state index < -0.39 is 0 Å². The van der Waals surface area contributed by atoms with Gasteiger partial charge < -0.3 is 14.5 Å². The maximum absolute atomic E-state index is 5.73. The summed E-state index contributed by atoms with van der Waals surface area (Å²) in [4.78, 5) is 2.46. The van der Waals surface area contributed by atoms with Gasteiger partial charge in [-0.3, -0.25) is 4.90 Å². The lowest BCUT2D eigenvalue weighted by molar-refractivity contribution is 0.0667. The summed E-state index contributed by atoms with van der Waals surface area (Å²) < 4.78 is 11.4. The molecule has 0 saturated carbocycles. The Labute approximate surface area is 109 Å². The van der Waals surface area contributed by atoms with Gasteiger partial charge in [0.15, 0.2) is 0 Å². The van der Waals surface area contributed by atoms with Crippen LogP contribution < -0.4 is 5.32 Å². The Kier molecular flexibility index (Phi) is 4.80. The molecule has 0 bridgehead atoms. The Hall–Kier alpha value is -0.840. The van der Waals surface area contributed by atoms with Crippen molar-refractivity contribution in [2.45, 2.75) is 39.5 Å².